The van der Waals surface area contributed by atoms with Crippen molar-refractivity contribution in [3.8, 4) is 0 Å². The maximum absolute atomic E-state index is 12.4. The number of sulfonamides is 1. The first-order valence-corrected chi connectivity index (χ1v) is 7.72. The van der Waals surface area contributed by atoms with Gasteiger partial charge >= 0.3 is 0 Å². The molecule has 1 atom stereocenters. The molecule has 19 heavy (non-hydrogen) atoms. The lowest BCUT2D eigenvalue weighted by molar-refractivity contribution is 0.302. The number of hydrogen-bond acceptors (Lipinski definition) is 5. The number of halogens is 1. The molecule has 0 bridgehead atoms. The van der Waals surface area contributed by atoms with E-state index in [4.69, 9.17) is 17.3 Å². The van der Waals surface area contributed by atoms with Gasteiger partial charge in [-0.15, -0.1) is 0 Å². The van der Waals surface area contributed by atoms with E-state index in [1.165, 1.54) is 16.6 Å². The van der Waals surface area contributed by atoms with Crippen molar-refractivity contribution in [1.29, 1.82) is 0 Å². The van der Waals surface area contributed by atoms with E-state index in [2.05, 4.69) is 4.98 Å². The van der Waals surface area contributed by atoms with Crippen molar-refractivity contribution in [3.63, 3.8) is 0 Å². The van der Waals surface area contributed by atoms with Gasteiger partial charge in [-0.05, 0) is 26.6 Å². The number of nitrogens with two attached hydrogens (primary N) is 1. The zero-order chi connectivity index (χ0) is 14.2. The lowest BCUT2D eigenvalue weighted by atomic mass is 10.2. The molecule has 0 saturated carbocycles. The van der Waals surface area contributed by atoms with Crippen LogP contribution in [0.1, 0.15) is 6.42 Å². The Morgan fingerprint density at radius 2 is 2.21 bits per heavy atom. The summed E-state index contributed by atoms with van der Waals surface area (Å²) in [5, 5.41) is 0.157. The zero-order valence-corrected chi connectivity index (χ0v) is 12.4. The Balaban J connectivity index is 2.26. The van der Waals surface area contributed by atoms with Crippen LogP contribution in [0, 0.1) is 0 Å². The van der Waals surface area contributed by atoms with E-state index in [1.807, 2.05) is 19.0 Å². The molecule has 1 aromatic rings. The summed E-state index contributed by atoms with van der Waals surface area (Å²) in [6, 6.07) is 1.59. The Hall–Kier alpha value is -0.890. The molecule has 2 N–H and O–H groups in total. The molecule has 0 spiro atoms. The fourth-order valence-corrected chi connectivity index (χ4v) is 3.77. The maximum atomic E-state index is 12.4. The van der Waals surface area contributed by atoms with E-state index in [-0.39, 0.29) is 21.8 Å². The molecule has 1 aliphatic heterocycles. The molecule has 106 valence electrons. The molecule has 0 aliphatic carbocycles. The van der Waals surface area contributed by atoms with Gasteiger partial charge in [0.05, 0.1) is 5.02 Å². The quantitative estimate of drug-likeness (QED) is 0.886. The number of pyridine rings is 1. The highest BCUT2D eigenvalue weighted by molar-refractivity contribution is 7.89. The zero-order valence-electron chi connectivity index (χ0n) is 10.9. The van der Waals surface area contributed by atoms with Gasteiger partial charge in [-0.25, -0.2) is 13.4 Å². The highest BCUT2D eigenvalue weighted by Gasteiger charge is 2.33. The molecule has 6 nitrogen and oxygen atoms in total. The fraction of sp³-hybridized carbons (Fsp3) is 0.545. The van der Waals surface area contributed by atoms with Gasteiger partial charge in [0.2, 0.25) is 10.0 Å². The van der Waals surface area contributed by atoms with Crippen LogP contribution in [0.2, 0.25) is 5.02 Å². The lowest BCUT2D eigenvalue weighted by Gasteiger charge is -2.20. The van der Waals surface area contributed by atoms with Gasteiger partial charge in [-0.2, -0.15) is 4.31 Å². The number of likely N-dealkylation sites (N-methyl/N-ethyl adjacent to an activating group) is 1. The Morgan fingerprint density at radius 3 is 2.74 bits per heavy atom. The molecular weight excluding hydrogens is 288 g/mol. The summed E-state index contributed by atoms with van der Waals surface area (Å²) in [6.45, 7) is 0.991. The standard InChI is InChI=1S/C11H17ClN4O2S/c1-15(2)8-3-4-16(7-8)19(17,18)9-5-10(12)11(13)14-6-9/h5-6,8H,3-4,7H2,1-2H3,(H2,13,14). The molecular formula is C11H17ClN4O2S. The normalized spacial score (nSPS) is 21.2. The largest absolute Gasteiger partial charge is 0.382 e. The maximum Gasteiger partial charge on any atom is 0.244 e. The molecule has 2 heterocycles. The van der Waals surface area contributed by atoms with Crippen LogP contribution in [0.5, 0.6) is 0 Å². The van der Waals surface area contributed by atoms with Crippen LogP contribution >= 0.6 is 11.6 Å². The second-order valence-electron chi connectivity index (χ2n) is 4.81. The number of aromatic nitrogens is 1. The molecule has 0 radical (unpaired) electrons. The van der Waals surface area contributed by atoms with Gasteiger partial charge in [0.1, 0.15) is 10.7 Å². The van der Waals surface area contributed by atoms with E-state index in [0.717, 1.165) is 6.42 Å². The summed E-state index contributed by atoms with van der Waals surface area (Å²) in [4.78, 5) is 5.92. The highest BCUT2D eigenvalue weighted by Crippen LogP contribution is 2.25. The molecule has 1 aromatic heterocycles. The number of hydrogen-bond donors (Lipinski definition) is 1. The minimum atomic E-state index is -3.54. The van der Waals surface area contributed by atoms with Crippen LogP contribution in [0.15, 0.2) is 17.2 Å². The molecule has 0 amide bonds. The lowest BCUT2D eigenvalue weighted by Crippen LogP contribution is -2.34. The first-order chi connectivity index (χ1) is 8.82. The number of nitrogens with zero attached hydrogens (tertiary/aromatic N) is 3. The highest BCUT2D eigenvalue weighted by atomic mass is 35.5. The van der Waals surface area contributed by atoms with Crippen molar-refractivity contribution in [2.45, 2.75) is 17.4 Å². The summed E-state index contributed by atoms with van der Waals surface area (Å²) >= 11 is 5.83. The second kappa shape index (κ2) is 5.24. The van der Waals surface area contributed by atoms with Gasteiger partial charge in [0.25, 0.3) is 0 Å². The van der Waals surface area contributed by atoms with E-state index in [9.17, 15) is 8.42 Å². The second-order valence-corrected chi connectivity index (χ2v) is 7.15. The molecule has 2 rings (SSSR count). The Labute approximate surface area is 118 Å². The summed E-state index contributed by atoms with van der Waals surface area (Å²) in [6.07, 6.45) is 2.07. The number of anilines is 1. The third kappa shape index (κ3) is 2.84. The van der Waals surface area contributed by atoms with Crippen molar-refractivity contribution in [1.82, 2.24) is 14.2 Å². The predicted octanol–water partition coefficient (Wildman–Crippen LogP) is 0.642. The smallest absolute Gasteiger partial charge is 0.244 e. The van der Waals surface area contributed by atoms with Crippen molar-refractivity contribution in [2.24, 2.45) is 0 Å². The third-order valence-corrected chi connectivity index (χ3v) is 5.47. The van der Waals surface area contributed by atoms with Crippen molar-refractivity contribution < 1.29 is 8.42 Å². The van der Waals surface area contributed by atoms with E-state index < -0.39 is 10.0 Å². The van der Waals surface area contributed by atoms with Gasteiger partial charge in [-0.3, -0.25) is 0 Å². The number of rotatable bonds is 3. The van der Waals surface area contributed by atoms with Crippen LogP contribution < -0.4 is 5.73 Å². The Morgan fingerprint density at radius 1 is 1.53 bits per heavy atom. The summed E-state index contributed by atoms with van der Waals surface area (Å²) in [5.41, 5.74) is 5.49. The average molecular weight is 305 g/mol. The van der Waals surface area contributed by atoms with Crippen LogP contribution in [0.4, 0.5) is 5.82 Å². The topological polar surface area (TPSA) is 79.5 Å². The van der Waals surface area contributed by atoms with E-state index in [0.29, 0.717) is 13.1 Å². The van der Waals surface area contributed by atoms with Crippen LogP contribution in [-0.4, -0.2) is 55.8 Å². The molecule has 1 saturated heterocycles. The van der Waals surface area contributed by atoms with E-state index >= 15 is 0 Å². The molecule has 0 aromatic carbocycles. The summed E-state index contributed by atoms with van der Waals surface area (Å²) in [5.74, 6) is 0.133. The van der Waals surface area contributed by atoms with Crippen molar-refractivity contribution in [3.05, 3.63) is 17.3 Å². The van der Waals surface area contributed by atoms with Gasteiger partial charge in [0.15, 0.2) is 0 Å². The number of nitrogen functional groups attached to an aromatic ring is 1. The Bertz CT molecular complexity index is 576. The summed E-state index contributed by atoms with van der Waals surface area (Å²) in [7, 11) is 0.353. The van der Waals surface area contributed by atoms with Gasteiger partial charge in [0, 0.05) is 25.3 Å². The monoisotopic (exact) mass is 304 g/mol. The summed E-state index contributed by atoms with van der Waals surface area (Å²) < 4.78 is 26.3. The van der Waals surface area contributed by atoms with Crippen molar-refractivity contribution >= 4 is 27.4 Å². The fourth-order valence-electron chi connectivity index (χ4n) is 2.07. The van der Waals surface area contributed by atoms with Crippen molar-refractivity contribution in [2.75, 3.05) is 32.9 Å². The molecule has 1 aliphatic rings. The molecule has 1 unspecified atom stereocenters. The predicted molar refractivity (Wildman–Crippen MR) is 74.5 cm³/mol. The molecule has 1 fully saturated rings. The van der Waals surface area contributed by atoms with Crippen LogP contribution in [0.3, 0.4) is 0 Å². The van der Waals surface area contributed by atoms with Crippen LogP contribution in [0.25, 0.3) is 0 Å². The van der Waals surface area contributed by atoms with E-state index in [1.54, 1.807) is 0 Å². The molecule has 8 heteroatoms. The SMILES string of the molecule is CN(C)C1CCN(S(=O)(=O)c2cnc(N)c(Cl)c2)C1. The van der Waals surface area contributed by atoms with Gasteiger partial charge in [-0.1, -0.05) is 11.6 Å². The minimum absolute atomic E-state index is 0.0890. The third-order valence-electron chi connectivity index (χ3n) is 3.34. The minimum Gasteiger partial charge on any atom is -0.382 e. The first-order valence-electron chi connectivity index (χ1n) is 5.90. The Kier molecular flexibility index (Phi) is 4.00. The first kappa shape index (κ1) is 14.5. The van der Waals surface area contributed by atoms with Crippen LogP contribution in [-0.2, 0) is 10.0 Å². The average Bonchev–Trinajstić information content (AvgIpc) is 2.82. The van der Waals surface area contributed by atoms with Gasteiger partial charge < -0.3 is 10.6 Å².